The molecule has 2 atom stereocenters. The molecule has 0 aliphatic carbocycles. The molecule has 2 aliphatic heterocycles. The first-order valence-corrected chi connectivity index (χ1v) is 17.1. The zero-order valence-corrected chi connectivity index (χ0v) is 29.9. The zero-order chi connectivity index (χ0) is 40.9. The van der Waals surface area contributed by atoms with Crippen molar-refractivity contribution >= 4 is 40.8 Å². The van der Waals surface area contributed by atoms with E-state index >= 15 is 0 Å². The molecule has 0 spiro atoms. The Bertz CT molecular complexity index is 2270. The molecule has 0 saturated carbocycles. The van der Waals surface area contributed by atoms with Gasteiger partial charge in [0.15, 0.2) is 11.5 Å². The summed E-state index contributed by atoms with van der Waals surface area (Å²) in [5.74, 6) is -2.67. The molecule has 7 rings (SSSR count). The monoisotopic (exact) mass is 782 g/mol. The van der Waals surface area contributed by atoms with E-state index in [4.69, 9.17) is 30.6 Å². The molecule has 0 saturated heterocycles. The van der Waals surface area contributed by atoms with Crippen molar-refractivity contribution < 1.29 is 51.9 Å². The van der Waals surface area contributed by atoms with Gasteiger partial charge in [0, 0.05) is 37.1 Å². The second kappa shape index (κ2) is 19.3. The van der Waals surface area contributed by atoms with Gasteiger partial charge in [0.2, 0.25) is 5.91 Å². The number of ether oxygens (including phenoxy) is 2. The van der Waals surface area contributed by atoms with Crippen LogP contribution in [-0.2, 0) is 32.0 Å². The molecule has 17 heteroatoms. The molecule has 3 amide bonds. The number of carbonyl (C=O) groups excluding carboxylic acids is 4. The molecule has 5 aromatic rings. The molecule has 0 radical (unpaired) electrons. The van der Waals surface area contributed by atoms with Gasteiger partial charge >= 0.3 is 5.97 Å². The van der Waals surface area contributed by atoms with Gasteiger partial charge in [0.05, 0.1) is 11.4 Å². The molecule has 15 nitrogen and oxygen atoms in total. The van der Waals surface area contributed by atoms with E-state index in [0.717, 1.165) is 23.3 Å². The zero-order valence-electron chi connectivity index (χ0n) is 29.9. The fraction of sp³-hybridized carbons (Fsp3) is 0.150. The van der Waals surface area contributed by atoms with Crippen molar-refractivity contribution in [3.05, 3.63) is 149 Å². The first kappa shape index (κ1) is 40.8. The number of carbonyl (C=O) groups is 5. The second-order valence-electron chi connectivity index (χ2n) is 12.4. The lowest BCUT2D eigenvalue weighted by atomic mass is 10.1. The number of rotatable bonds is 8. The predicted octanol–water partition coefficient (Wildman–Crippen LogP) is 3.74. The molecule has 0 bridgehead atoms. The molecule has 4 aromatic carbocycles. The maximum Gasteiger partial charge on any atom is 0.351 e. The van der Waals surface area contributed by atoms with E-state index in [0.29, 0.717) is 29.4 Å². The maximum absolute atomic E-state index is 13.3. The number of fused-ring (bicyclic) bond motifs is 2. The highest BCUT2D eigenvalue weighted by Crippen LogP contribution is 2.28. The average Bonchev–Trinajstić information content (AvgIpc) is 3.54. The normalized spacial score (nSPS) is 15.7. The molecule has 2 aliphatic rings. The van der Waals surface area contributed by atoms with Gasteiger partial charge in [-0.15, -0.1) is 0 Å². The highest BCUT2D eigenvalue weighted by atomic mass is 19.1. The van der Waals surface area contributed by atoms with E-state index in [-0.39, 0.29) is 42.7 Å². The lowest BCUT2D eigenvalue weighted by Gasteiger charge is -2.13. The summed E-state index contributed by atoms with van der Waals surface area (Å²) in [6.45, 7) is 0.00932. The van der Waals surface area contributed by atoms with Gasteiger partial charge < -0.3 is 46.5 Å². The number of aromatic nitrogens is 1. The average molecular weight is 783 g/mol. The molecule has 1 aromatic heterocycles. The highest BCUT2D eigenvalue weighted by molar-refractivity contribution is 6.02. The van der Waals surface area contributed by atoms with Crippen LogP contribution in [0.2, 0.25) is 0 Å². The van der Waals surface area contributed by atoms with Crippen molar-refractivity contribution in [3.63, 3.8) is 0 Å². The van der Waals surface area contributed by atoms with Gasteiger partial charge in [-0.25, -0.2) is 13.6 Å². The number of benzene rings is 4. The van der Waals surface area contributed by atoms with Crippen LogP contribution in [0.3, 0.4) is 0 Å². The van der Waals surface area contributed by atoms with E-state index in [2.05, 4.69) is 21.1 Å². The van der Waals surface area contributed by atoms with Gasteiger partial charge in [-0.05, 0) is 35.4 Å². The van der Waals surface area contributed by atoms with Gasteiger partial charge in [-0.2, -0.15) is 0 Å². The minimum absolute atomic E-state index is 0.0616. The molecular weight excluding hydrogens is 746 g/mol. The van der Waals surface area contributed by atoms with Gasteiger partial charge in [-0.3, -0.25) is 19.2 Å². The van der Waals surface area contributed by atoms with E-state index in [9.17, 15) is 32.8 Å². The van der Waals surface area contributed by atoms with Crippen LogP contribution in [0, 0.1) is 11.6 Å². The van der Waals surface area contributed by atoms with Crippen LogP contribution < -0.4 is 36.9 Å². The van der Waals surface area contributed by atoms with Crippen LogP contribution in [0.25, 0.3) is 0 Å². The third-order valence-corrected chi connectivity index (χ3v) is 7.98. The molecule has 0 fully saturated rings. The van der Waals surface area contributed by atoms with Crippen molar-refractivity contribution in [2.45, 2.75) is 24.9 Å². The first-order valence-electron chi connectivity index (χ1n) is 17.1. The van der Waals surface area contributed by atoms with Crippen LogP contribution in [-0.4, -0.2) is 65.0 Å². The molecule has 1 unspecified atom stereocenters. The number of hydrogen-bond donors (Lipinski definition) is 6. The predicted molar refractivity (Wildman–Crippen MR) is 201 cm³/mol. The van der Waals surface area contributed by atoms with E-state index in [1.165, 1.54) is 36.4 Å². The minimum Gasteiger partial charge on any atom is -0.489 e. The number of nitrogens with one attached hydrogen (secondary N) is 3. The maximum atomic E-state index is 13.3. The van der Waals surface area contributed by atoms with Crippen LogP contribution in [0.5, 0.6) is 11.5 Å². The molecule has 57 heavy (non-hydrogen) atoms. The fourth-order valence-electron chi connectivity index (χ4n) is 5.12. The molecule has 294 valence electrons. The Morgan fingerprint density at radius 3 is 1.96 bits per heavy atom. The number of nitrogens with two attached hydrogens (primary N) is 2. The lowest BCUT2D eigenvalue weighted by Crippen LogP contribution is -2.46. The summed E-state index contributed by atoms with van der Waals surface area (Å²) in [4.78, 5) is 57.7. The second-order valence-corrected chi connectivity index (χ2v) is 12.4. The summed E-state index contributed by atoms with van der Waals surface area (Å²) >= 11 is 0. The first-order chi connectivity index (χ1) is 27.3. The number of carboxylic acids is 1. The van der Waals surface area contributed by atoms with Crippen molar-refractivity contribution in [3.8, 4) is 11.5 Å². The molecule has 3 heterocycles. The number of amides is 3. The Hall–Kier alpha value is -7.40. The molecular formula is C40H36F2N6O9. The molecule has 8 N–H and O–H groups in total. The summed E-state index contributed by atoms with van der Waals surface area (Å²) in [5, 5.41) is 19.8. The van der Waals surface area contributed by atoms with Crippen LogP contribution >= 0.6 is 0 Å². The SMILES string of the molecule is NC(=CC(=O)Cc1ccccc1)C(=O)O.N[C@H]1COc2ccc(F)cc2NC1=O.O=C(NC1COc2ccc(F)cc2NC1=O)c1cc(Cc2ccccc2)on1. The van der Waals surface area contributed by atoms with Crippen molar-refractivity contribution in [1.29, 1.82) is 0 Å². The number of aliphatic carboxylic acids is 1. The van der Waals surface area contributed by atoms with Crippen LogP contribution in [0.1, 0.15) is 27.4 Å². The number of hydrogen-bond acceptors (Lipinski definition) is 11. The number of allylic oxidation sites excluding steroid dienone is 1. The summed E-state index contributed by atoms with van der Waals surface area (Å²) in [7, 11) is 0. The van der Waals surface area contributed by atoms with Gasteiger partial charge in [-0.1, -0.05) is 65.8 Å². The Kier molecular flexibility index (Phi) is 13.8. The van der Waals surface area contributed by atoms with Gasteiger partial charge in [0.25, 0.3) is 11.8 Å². The van der Waals surface area contributed by atoms with E-state index in [1.54, 1.807) is 12.1 Å². The number of carboxylic acid groups (broad SMARTS) is 1. The number of anilines is 2. The Morgan fingerprint density at radius 2 is 1.37 bits per heavy atom. The van der Waals surface area contributed by atoms with Crippen LogP contribution in [0.15, 0.2) is 119 Å². The standard InChI is InChI=1S/C20H16FN3O4.C11H11NO3.C9H9FN2O2/c21-13-6-7-18-15(9-13)22-20(26)17(11-27-18)23-19(25)16-10-14(28-24-16)8-12-4-2-1-3-5-12;12-10(11(14)15)7-9(13)6-8-4-2-1-3-5-8;10-5-1-2-8-7(3-5)12-9(13)6(11)4-14-8/h1-7,9-10,17H,8,11H2,(H,22,26)(H,23,25);1-5,7H,6,12H2,(H,14,15);1-3,6H,4,11H2,(H,12,13)/t;;6-/m..0/s1. The minimum atomic E-state index is -1.28. The van der Waals surface area contributed by atoms with E-state index in [1.807, 2.05) is 48.5 Å². The summed E-state index contributed by atoms with van der Waals surface area (Å²) in [5.41, 5.74) is 12.6. The number of halogens is 2. The lowest BCUT2D eigenvalue weighted by molar-refractivity contribution is -0.133. The summed E-state index contributed by atoms with van der Waals surface area (Å²) in [6, 6.07) is 26.3. The third-order valence-electron chi connectivity index (χ3n) is 7.98. The summed E-state index contributed by atoms with van der Waals surface area (Å²) < 4.78 is 42.1. The van der Waals surface area contributed by atoms with Gasteiger partial charge in [0.1, 0.15) is 59.9 Å². The van der Waals surface area contributed by atoms with Crippen molar-refractivity contribution in [2.75, 3.05) is 23.8 Å². The summed E-state index contributed by atoms with van der Waals surface area (Å²) in [6.07, 6.45) is 1.60. The van der Waals surface area contributed by atoms with Crippen molar-refractivity contribution in [2.24, 2.45) is 11.5 Å². The fourth-order valence-corrected chi connectivity index (χ4v) is 5.12. The number of ketones is 1. The Balaban J connectivity index is 0.000000180. The highest BCUT2D eigenvalue weighted by Gasteiger charge is 2.28. The van der Waals surface area contributed by atoms with Crippen molar-refractivity contribution in [1.82, 2.24) is 10.5 Å². The Morgan fingerprint density at radius 1 is 0.807 bits per heavy atom. The van der Waals surface area contributed by atoms with E-state index < -0.39 is 47.2 Å². The quantitative estimate of drug-likeness (QED) is 0.124. The largest absolute Gasteiger partial charge is 0.489 e. The smallest absolute Gasteiger partial charge is 0.351 e. The van der Waals surface area contributed by atoms with Crippen LogP contribution in [0.4, 0.5) is 20.2 Å². The number of nitrogens with zero attached hydrogens (tertiary/aromatic N) is 1. The topological polar surface area (TPSA) is 238 Å². The third kappa shape index (κ3) is 12.0. The Labute approximate surface area is 323 Å².